The van der Waals surface area contributed by atoms with Gasteiger partial charge in [0, 0.05) is 17.5 Å². The van der Waals surface area contributed by atoms with Crippen LogP contribution in [0.25, 0.3) is 0 Å². The number of nitrogens with zero attached hydrogens (tertiary/aromatic N) is 2. The van der Waals surface area contributed by atoms with Gasteiger partial charge in [0.2, 0.25) is 0 Å². The van der Waals surface area contributed by atoms with Gasteiger partial charge in [0.1, 0.15) is 11.8 Å². The van der Waals surface area contributed by atoms with E-state index in [1.807, 2.05) is 20.8 Å². The van der Waals surface area contributed by atoms with Crippen LogP contribution in [0.5, 0.6) is 0 Å². The SMILES string of the molecule is CC(C)(C=O)Cc1c([N+](=O)[O-])cc(C(C)(C)C)cc1[N+](=O)[O-]. The number of nitro benzene ring substituents is 2. The first-order valence-corrected chi connectivity index (χ1v) is 6.81. The number of nitro groups is 2. The third-order valence-corrected chi connectivity index (χ3v) is 3.41. The molecule has 0 aliphatic carbocycles. The van der Waals surface area contributed by atoms with Crippen molar-refractivity contribution in [3.63, 3.8) is 0 Å². The number of aldehydes is 1. The third-order valence-electron chi connectivity index (χ3n) is 3.41. The van der Waals surface area contributed by atoms with E-state index in [1.54, 1.807) is 13.8 Å². The lowest BCUT2D eigenvalue weighted by Crippen LogP contribution is -2.19. The van der Waals surface area contributed by atoms with E-state index in [0.717, 1.165) is 0 Å². The molecule has 0 spiro atoms. The maximum Gasteiger partial charge on any atom is 0.279 e. The second-order valence-electron chi connectivity index (χ2n) is 7.04. The van der Waals surface area contributed by atoms with Crippen LogP contribution < -0.4 is 0 Å². The summed E-state index contributed by atoms with van der Waals surface area (Å²) in [5, 5.41) is 22.7. The summed E-state index contributed by atoms with van der Waals surface area (Å²) in [6, 6.07) is 2.73. The van der Waals surface area contributed by atoms with Gasteiger partial charge in [0.05, 0.1) is 9.85 Å². The Morgan fingerprint density at radius 3 is 1.68 bits per heavy atom. The molecule has 7 nitrogen and oxygen atoms in total. The Morgan fingerprint density at radius 2 is 1.41 bits per heavy atom. The van der Waals surface area contributed by atoms with Crippen molar-refractivity contribution >= 4 is 17.7 Å². The van der Waals surface area contributed by atoms with E-state index in [1.165, 1.54) is 12.1 Å². The average molecular weight is 308 g/mol. The predicted molar refractivity (Wildman–Crippen MR) is 82.0 cm³/mol. The quantitative estimate of drug-likeness (QED) is 0.470. The van der Waals surface area contributed by atoms with Crippen molar-refractivity contribution < 1.29 is 14.6 Å². The lowest BCUT2D eigenvalue weighted by Gasteiger charge is -2.21. The fourth-order valence-corrected chi connectivity index (χ4v) is 2.08. The molecule has 22 heavy (non-hydrogen) atoms. The molecule has 0 fully saturated rings. The van der Waals surface area contributed by atoms with E-state index in [4.69, 9.17) is 0 Å². The van der Waals surface area contributed by atoms with Crippen molar-refractivity contribution in [3.05, 3.63) is 43.5 Å². The summed E-state index contributed by atoms with van der Waals surface area (Å²) in [6.45, 7) is 8.65. The van der Waals surface area contributed by atoms with Gasteiger partial charge in [-0.1, -0.05) is 34.6 Å². The molecule has 0 atom stereocenters. The summed E-state index contributed by atoms with van der Waals surface area (Å²) >= 11 is 0. The molecule has 0 unspecified atom stereocenters. The molecule has 1 rings (SSSR count). The zero-order chi connectivity index (χ0) is 17.3. The van der Waals surface area contributed by atoms with Crippen LogP contribution in [-0.4, -0.2) is 16.1 Å². The smallest absolute Gasteiger partial charge is 0.279 e. The highest BCUT2D eigenvalue weighted by Crippen LogP contribution is 2.38. The highest BCUT2D eigenvalue weighted by Gasteiger charge is 2.33. The summed E-state index contributed by atoms with van der Waals surface area (Å²) in [6.07, 6.45) is 0.589. The Balaban J connectivity index is 3.69. The van der Waals surface area contributed by atoms with Crippen LogP contribution in [-0.2, 0) is 16.6 Å². The Labute approximate surface area is 128 Å². The molecule has 0 bridgehead atoms. The molecule has 0 saturated heterocycles. The standard InChI is InChI=1S/C15H20N2O5/c1-14(2,3)10-6-12(16(19)20)11(8-15(4,5)9-18)13(7-10)17(21)22/h6-7,9H,8H2,1-5H3. The van der Waals surface area contributed by atoms with Crippen LogP contribution >= 0.6 is 0 Å². The number of carbonyl (C=O) groups is 1. The number of hydrogen-bond donors (Lipinski definition) is 0. The highest BCUT2D eigenvalue weighted by molar-refractivity contribution is 5.63. The minimum Gasteiger partial charge on any atom is -0.303 e. The molecule has 0 amide bonds. The van der Waals surface area contributed by atoms with Gasteiger partial charge in [0.25, 0.3) is 11.4 Å². The molecular weight excluding hydrogens is 288 g/mol. The van der Waals surface area contributed by atoms with E-state index >= 15 is 0 Å². The fourth-order valence-electron chi connectivity index (χ4n) is 2.08. The summed E-state index contributed by atoms with van der Waals surface area (Å²) < 4.78 is 0. The Hall–Kier alpha value is -2.31. The average Bonchev–Trinajstić information content (AvgIpc) is 2.36. The molecule has 120 valence electrons. The molecule has 0 aliphatic heterocycles. The van der Waals surface area contributed by atoms with Crippen molar-refractivity contribution in [2.75, 3.05) is 0 Å². The second-order valence-corrected chi connectivity index (χ2v) is 7.04. The molecule has 0 saturated carbocycles. The minimum atomic E-state index is -0.918. The Kier molecular flexibility index (Phi) is 4.70. The normalized spacial score (nSPS) is 12.0. The number of hydrogen-bond acceptors (Lipinski definition) is 5. The van der Waals surface area contributed by atoms with E-state index in [0.29, 0.717) is 11.8 Å². The second kappa shape index (κ2) is 5.82. The first-order chi connectivity index (χ1) is 9.89. The van der Waals surface area contributed by atoms with Crippen molar-refractivity contribution in [1.29, 1.82) is 0 Å². The maximum atomic E-state index is 11.3. The minimum absolute atomic E-state index is 0.0138. The zero-order valence-electron chi connectivity index (χ0n) is 13.4. The molecule has 0 radical (unpaired) electrons. The molecule has 0 aromatic heterocycles. The van der Waals surface area contributed by atoms with E-state index in [-0.39, 0.29) is 23.4 Å². The van der Waals surface area contributed by atoms with Crippen LogP contribution in [0.3, 0.4) is 0 Å². The fraction of sp³-hybridized carbons (Fsp3) is 0.533. The Morgan fingerprint density at radius 1 is 1.00 bits per heavy atom. The maximum absolute atomic E-state index is 11.3. The van der Waals surface area contributed by atoms with Gasteiger partial charge in [-0.25, -0.2) is 0 Å². The van der Waals surface area contributed by atoms with Gasteiger partial charge in [-0.3, -0.25) is 20.2 Å². The van der Waals surface area contributed by atoms with Gasteiger partial charge in [-0.05, 0) is 17.4 Å². The highest BCUT2D eigenvalue weighted by atomic mass is 16.6. The molecular formula is C15H20N2O5. The summed E-state index contributed by atoms with van der Waals surface area (Å²) in [5.74, 6) is 0. The lowest BCUT2D eigenvalue weighted by atomic mass is 9.82. The molecule has 7 heteroatoms. The monoisotopic (exact) mass is 308 g/mol. The topological polar surface area (TPSA) is 103 Å². The van der Waals surface area contributed by atoms with Crippen LogP contribution in [0.1, 0.15) is 45.7 Å². The summed E-state index contributed by atoms with van der Waals surface area (Å²) in [5.41, 5.74) is -1.51. The number of carbonyl (C=O) groups excluding carboxylic acids is 1. The number of benzene rings is 1. The largest absolute Gasteiger partial charge is 0.303 e. The Bertz CT molecular complexity index is 594. The van der Waals surface area contributed by atoms with E-state index in [2.05, 4.69) is 0 Å². The van der Waals surface area contributed by atoms with Gasteiger partial charge in [-0.15, -0.1) is 0 Å². The lowest BCUT2D eigenvalue weighted by molar-refractivity contribution is -0.395. The molecule has 0 heterocycles. The van der Waals surface area contributed by atoms with Crippen LogP contribution in [0.15, 0.2) is 12.1 Å². The van der Waals surface area contributed by atoms with Crippen LogP contribution in [0.4, 0.5) is 11.4 Å². The van der Waals surface area contributed by atoms with E-state index < -0.39 is 20.7 Å². The van der Waals surface area contributed by atoms with Crippen molar-refractivity contribution in [2.45, 2.75) is 46.5 Å². The van der Waals surface area contributed by atoms with Crippen molar-refractivity contribution in [1.82, 2.24) is 0 Å². The molecule has 1 aromatic rings. The first kappa shape index (κ1) is 17.7. The zero-order valence-corrected chi connectivity index (χ0v) is 13.4. The van der Waals surface area contributed by atoms with Crippen LogP contribution in [0, 0.1) is 25.6 Å². The van der Waals surface area contributed by atoms with Crippen LogP contribution in [0.2, 0.25) is 0 Å². The van der Waals surface area contributed by atoms with Gasteiger partial charge in [0.15, 0.2) is 0 Å². The van der Waals surface area contributed by atoms with Gasteiger partial charge < -0.3 is 4.79 Å². The van der Waals surface area contributed by atoms with Crippen molar-refractivity contribution in [2.24, 2.45) is 5.41 Å². The van der Waals surface area contributed by atoms with Gasteiger partial charge in [-0.2, -0.15) is 0 Å². The van der Waals surface area contributed by atoms with Gasteiger partial charge >= 0.3 is 0 Å². The van der Waals surface area contributed by atoms with Crippen molar-refractivity contribution in [3.8, 4) is 0 Å². The third kappa shape index (κ3) is 3.87. The summed E-state index contributed by atoms with van der Waals surface area (Å²) in [7, 11) is 0. The molecule has 1 aromatic carbocycles. The summed E-state index contributed by atoms with van der Waals surface area (Å²) in [4.78, 5) is 32.5. The van der Waals surface area contributed by atoms with E-state index in [9.17, 15) is 25.0 Å². The molecule has 0 N–H and O–H groups in total. The number of rotatable bonds is 5. The molecule has 0 aliphatic rings. The first-order valence-electron chi connectivity index (χ1n) is 6.81. The predicted octanol–water partition coefficient (Wildman–Crippen LogP) is 3.57.